The van der Waals surface area contributed by atoms with Gasteiger partial charge in [-0.25, -0.2) is 13.1 Å². The minimum atomic E-state index is -3.16. The van der Waals surface area contributed by atoms with Crippen LogP contribution in [-0.4, -0.2) is 19.7 Å². The Morgan fingerprint density at radius 3 is 2.38 bits per heavy atom. The molecule has 1 atom stereocenters. The van der Waals surface area contributed by atoms with E-state index in [4.69, 9.17) is 0 Å². The molecule has 0 aliphatic rings. The van der Waals surface area contributed by atoms with E-state index in [1.165, 1.54) is 9.75 Å². The zero-order chi connectivity index (χ0) is 12.3. The summed E-state index contributed by atoms with van der Waals surface area (Å²) in [6, 6.07) is 4.06. The number of nitrogens with one attached hydrogen (secondary N) is 1. The number of sulfonamides is 1. The lowest BCUT2D eigenvalue weighted by molar-refractivity contribution is 0.552. The van der Waals surface area contributed by atoms with E-state index in [0.717, 1.165) is 6.42 Å². The van der Waals surface area contributed by atoms with Crippen molar-refractivity contribution >= 4 is 21.4 Å². The van der Waals surface area contributed by atoms with Crippen LogP contribution >= 0.6 is 11.3 Å². The van der Waals surface area contributed by atoms with Gasteiger partial charge in [0.05, 0.1) is 5.25 Å². The average Bonchev–Trinajstić information content (AvgIpc) is 2.49. The van der Waals surface area contributed by atoms with Crippen molar-refractivity contribution in [2.75, 3.05) is 0 Å². The van der Waals surface area contributed by atoms with Crippen molar-refractivity contribution in [3.8, 4) is 0 Å². The summed E-state index contributed by atoms with van der Waals surface area (Å²) in [6.45, 7) is 7.32. The van der Waals surface area contributed by atoms with E-state index in [-0.39, 0.29) is 11.3 Å². The Bertz CT molecular complexity index is 435. The van der Waals surface area contributed by atoms with Gasteiger partial charge in [-0.1, -0.05) is 0 Å². The smallest absolute Gasteiger partial charge is 0.212 e. The molecule has 0 fully saturated rings. The molecular formula is C11H19NO2S2. The Labute approximate surface area is 102 Å². The monoisotopic (exact) mass is 261 g/mol. The van der Waals surface area contributed by atoms with Crippen LogP contribution in [0.5, 0.6) is 0 Å². The molecule has 1 rings (SSSR count). The summed E-state index contributed by atoms with van der Waals surface area (Å²) in [5.74, 6) is 0. The SMILES string of the molecule is Cc1ccc(CC(C)NS(=O)(=O)C(C)C)s1. The first-order valence-corrected chi connectivity index (χ1v) is 7.74. The van der Waals surface area contributed by atoms with E-state index in [9.17, 15) is 8.42 Å². The maximum absolute atomic E-state index is 11.6. The first-order valence-electron chi connectivity index (χ1n) is 5.37. The normalized spacial score (nSPS) is 14.3. The molecule has 0 aliphatic carbocycles. The first kappa shape index (κ1) is 13.7. The summed E-state index contributed by atoms with van der Waals surface area (Å²) in [5.41, 5.74) is 0. The largest absolute Gasteiger partial charge is 0.214 e. The highest BCUT2D eigenvalue weighted by Crippen LogP contribution is 2.17. The van der Waals surface area contributed by atoms with Crippen LogP contribution in [0.3, 0.4) is 0 Å². The van der Waals surface area contributed by atoms with E-state index in [0.29, 0.717) is 0 Å². The Hall–Kier alpha value is -0.390. The molecule has 0 saturated carbocycles. The third-order valence-corrected chi connectivity index (χ3v) is 5.28. The standard InChI is InChI=1S/C11H19NO2S2/c1-8(2)16(13,14)12-9(3)7-11-6-5-10(4)15-11/h5-6,8-9,12H,7H2,1-4H3. The summed E-state index contributed by atoms with van der Waals surface area (Å²) < 4.78 is 25.9. The highest BCUT2D eigenvalue weighted by atomic mass is 32.2. The Balaban J connectivity index is 2.58. The van der Waals surface area contributed by atoms with E-state index in [2.05, 4.69) is 23.8 Å². The Kier molecular flexibility index (Phi) is 4.52. The van der Waals surface area contributed by atoms with Crippen molar-refractivity contribution in [1.82, 2.24) is 4.72 Å². The van der Waals surface area contributed by atoms with Gasteiger partial charge >= 0.3 is 0 Å². The van der Waals surface area contributed by atoms with Crippen molar-refractivity contribution in [3.05, 3.63) is 21.9 Å². The average molecular weight is 261 g/mol. The molecule has 1 heterocycles. The first-order chi connectivity index (χ1) is 7.31. The molecular weight excluding hydrogens is 242 g/mol. The minimum Gasteiger partial charge on any atom is -0.212 e. The molecule has 1 aromatic heterocycles. The molecule has 5 heteroatoms. The van der Waals surface area contributed by atoms with Crippen molar-refractivity contribution < 1.29 is 8.42 Å². The van der Waals surface area contributed by atoms with Gasteiger partial charge in [-0.15, -0.1) is 11.3 Å². The van der Waals surface area contributed by atoms with E-state index in [1.54, 1.807) is 25.2 Å². The molecule has 0 amide bonds. The highest BCUT2D eigenvalue weighted by molar-refractivity contribution is 7.90. The number of rotatable bonds is 5. The van der Waals surface area contributed by atoms with Gasteiger partial charge in [-0.2, -0.15) is 0 Å². The third-order valence-electron chi connectivity index (χ3n) is 2.29. The molecule has 0 saturated heterocycles. The summed E-state index contributed by atoms with van der Waals surface area (Å²) in [6.07, 6.45) is 0.754. The predicted octanol–water partition coefficient (Wildman–Crippen LogP) is 2.32. The lowest BCUT2D eigenvalue weighted by atomic mass is 10.2. The second kappa shape index (κ2) is 5.29. The summed E-state index contributed by atoms with van der Waals surface area (Å²) in [7, 11) is -3.16. The molecule has 92 valence electrons. The molecule has 16 heavy (non-hydrogen) atoms. The zero-order valence-electron chi connectivity index (χ0n) is 10.1. The van der Waals surface area contributed by atoms with E-state index >= 15 is 0 Å². The van der Waals surface area contributed by atoms with Gasteiger partial charge in [0, 0.05) is 15.8 Å². The van der Waals surface area contributed by atoms with Gasteiger partial charge < -0.3 is 0 Å². The Morgan fingerprint density at radius 2 is 1.94 bits per heavy atom. The van der Waals surface area contributed by atoms with Gasteiger partial charge in [-0.3, -0.25) is 0 Å². The predicted molar refractivity (Wildman–Crippen MR) is 69.4 cm³/mol. The van der Waals surface area contributed by atoms with Gasteiger partial charge in [0.1, 0.15) is 0 Å². The summed E-state index contributed by atoms with van der Waals surface area (Å²) in [4.78, 5) is 2.48. The molecule has 1 N–H and O–H groups in total. The lowest BCUT2D eigenvalue weighted by Gasteiger charge is -2.15. The maximum atomic E-state index is 11.6. The highest BCUT2D eigenvalue weighted by Gasteiger charge is 2.18. The molecule has 0 radical (unpaired) electrons. The quantitative estimate of drug-likeness (QED) is 0.884. The fourth-order valence-electron chi connectivity index (χ4n) is 1.35. The van der Waals surface area contributed by atoms with Crippen LogP contribution in [0, 0.1) is 6.92 Å². The second-order valence-corrected chi connectivity index (χ2v) is 7.97. The van der Waals surface area contributed by atoms with Crippen molar-refractivity contribution in [3.63, 3.8) is 0 Å². The molecule has 3 nitrogen and oxygen atoms in total. The van der Waals surface area contributed by atoms with Crippen molar-refractivity contribution in [2.45, 2.75) is 45.4 Å². The van der Waals surface area contributed by atoms with E-state index in [1.807, 2.05) is 6.92 Å². The fraction of sp³-hybridized carbons (Fsp3) is 0.636. The molecule has 0 aliphatic heterocycles. The zero-order valence-corrected chi connectivity index (χ0v) is 11.8. The fourth-order valence-corrected chi connectivity index (χ4v) is 3.29. The van der Waals surface area contributed by atoms with Crippen LogP contribution in [0.2, 0.25) is 0 Å². The number of aryl methyl sites for hydroxylation is 1. The Morgan fingerprint density at radius 1 is 1.31 bits per heavy atom. The summed E-state index contributed by atoms with van der Waals surface area (Å²) in [5, 5.41) is -0.375. The van der Waals surface area contributed by atoms with Crippen LogP contribution < -0.4 is 4.72 Å². The maximum Gasteiger partial charge on any atom is 0.214 e. The van der Waals surface area contributed by atoms with Crippen LogP contribution in [0.1, 0.15) is 30.5 Å². The van der Waals surface area contributed by atoms with Gasteiger partial charge in [0.15, 0.2) is 0 Å². The van der Waals surface area contributed by atoms with Gasteiger partial charge in [0.25, 0.3) is 0 Å². The van der Waals surface area contributed by atoms with Gasteiger partial charge in [0.2, 0.25) is 10.0 Å². The van der Waals surface area contributed by atoms with Crippen LogP contribution in [-0.2, 0) is 16.4 Å². The molecule has 0 bridgehead atoms. The van der Waals surface area contributed by atoms with Crippen LogP contribution in [0.25, 0.3) is 0 Å². The molecule has 0 aromatic carbocycles. The number of hydrogen-bond acceptors (Lipinski definition) is 3. The van der Waals surface area contributed by atoms with Crippen molar-refractivity contribution in [1.29, 1.82) is 0 Å². The van der Waals surface area contributed by atoms with Crippen LogP contribution in [0.15, 0.2) is 12.1 Å². The van der Waals surface area contributed by atoms with Gasteiger partial charge in [-0.05, 0) is 46.2 Å². The van der Waals surface area contributed by atoms with Crippen LogP contribution in [0.4, 0.5) is 0 Å². The van der Waals surface area contributed by atoms with Crippen molar-refractivity contribution in [2.24, 2.45) is 0 Å². The van der Waals surface area contributed by atoms with E-state index < -0.39 is 10.0 Å². The molecule has 1 unspecified atom stereocenters. The number of hydrogen-bond donors (Lipinski definition) is 1. The lowest BCUT2D eigenvalue weighted by Crippen LogP contribution is -2.38. The molecule has 0 spiro atoms. The number of thiophene rings is 1. The third kappa shape index (κ3) is 3.88. The minimum absolute atomic E-state index is 0.0505. The topological polar surface area (TPSA) is 46.2 Å². The molecule has 1 aromatic rings. The second-order valence-electron chi connectivity index (χ2n) is 4.33. The summed E-state index contributed by atoms with van der Waals surface area (Å²) >= 11 is 1.72.